The Kier molecular flexibility index (Phi) is 4.30. The molecule has 1 amide bonds. The summed E-state index contributed by atoms with van der Waals surface area (Å²) in [6.07, 6.45) is -0.241. The van der Waals surface area contributed by atoms with E-state index in [1.54, 1.807) is 4.90 Å². The first kappa shape index (κ1) is 15.5. The second kappa shape index (κ2) is 5.84. The van der Waals surface area contributed by atoms with E-state index in [0.29, 0.717) is 13.1 Å². The zero-order valence-corrected chi connectivity index (χ0v) is 13.3. The molecule has 1 aliphatic heterocycles. The van der Waals surface area contributed by atoms with Crippen molar-refractivity contribution in [1.82, 2.24) is 4.90 Å². The Morgan fingerprint density at radius 3 is 2.52 bits per heavy atom. The average Bonchev–Trinajstić information content (AvgIpc) is 2.38. The SMILES string of the molecule is CC1CN(C(=O)OC(C)(C)C)CCN1c1ccccc1N. The highest BCUT2D eigenvalue weighted by molar-refractivity contribution is 5.71. The topological polar surface area (TPSA) is 58.8 Å². The maximum absolute atomic E-state index is 12.1. The number of benzene rings is 1. The number of anilines is 2. The van der Waals surface area contributed by atoms with E-state index >= 15 is 0 Å². The predicted octanol–water partition coefficient (Wildman–Crippen LogP) is 2.71. The summed E-state index contributed by atoms with van der Waals surface area (Å²) in [6.45, 7) is 9.80. The minimum atomic E-state index is -0.457. The fourth-order valence-electron chi connectivity index (χ4n) is 2.56. The fourth-order valence-corrected chi connectivity index (χ4v) is 2.56. The van der Waals surface area contributed by atoms with Crippen LogP contribution in [0.4, 0.5) is 16.2 Å². The van der Waals surface area contributed by atoms with Crippen LogP contribution in [-0.4, -0.2) is 42.3 Å². The Bertz CT molecular complexity index is 510. The van der Waals surface area contributed by atoms with Gasteiger partial charge in [-0.3, -0.25) is 0 Å². The summed E-state index contributed by atoms with van der Waals surface area (Å²) in [7, 11) is 0. The molecular formula is C16H25N3O2. The molecule has 0 bridgehead atoms. The quantitative estimate of drug-likeness (QED) is 0.808. The highest BCUT2D eigenvalue weighted by atomic mass is 16.6. The molecule has 2 rings (SSSR count). The van der Waals surface area contributed by atoms with Gasteiger partial charge in [-0.1, -0.05) is 12.1 Å². The first-order chi connectivity index (χ1) is 9.78. The van der Waals surface area contributed by atoms with E-state index in [4.69, 9.17) is 10.5 Å². The molecule has 2 N–H and O–H groups in total. The second-order valence-electron chi connectivity index (χ2n) is 6.53. The van der Waals surface area contributed by atoms with Crippen LogP contribution >= 0.6 is 0 Å². The highest BCUT2D eigenvalue weighted by Crippen LogP contribution is 2.26. The molecule has 5 nitrogen and oxygen atoms in total. The van der Waals surface area contributed by atoms with Crippen molar-refractivity contribution in [3.8, 4) is 0 Å². The van der Waals surface area contributed by atoms with Crippen LogP contribution in [0.1, 0.15) is 27.7 Å². The number of nitrogen functional groups attached to an aromatic ring is 1. The molecule has 1 aromatic carbocycles. The Balaban J connectivity index is 2.03. The summed E-state index contributed by atoms with van der Waals surface area (Å²) < 4.78 is 5.43. The van der Waals surface area contributed by atoms with Gasteiger partial charge >= 0.3 is 6.09 Å². The number of rotatable bonds is 1. The van der Waals surface area contributed by atoms with E-state index in [9.17, 15) is 4.79 Å². The van der Waals surface area contributed by atoms with Gasteiger partial charge in [-0.05, 0) is 39.8 Å². The Morgan fingerprint density at radius 2 is 1.95 bits per heavy atom. The number of hydrogen-bond acceptors (Lipinski definition) is 4. The molecule has 1 aliphatic rings. The standard InChI is InChI=1S/C16H25N3O2/c1-12-11-18(15(20)21-16(2,3)4)9-10-19(12)14-8-6-5-7-13(14)17/h5-8,12H,9-11,17H2,1-4H3. The van der Waals surface area contributed by atoms with Crippen LogP contribution in [0.25, 0.3) is 0 Å². The number of carbonyl (C=O) groups excluding carboxylic acids is 1. The normalized spacial score (nSPS) is 19.5. The molecule has 1 aromatic rings. The smallest absolute Gasteiger partial charge is 0.410 e. The first-order valence-electron chi connectivity index (χ1n) is 7.37. The van der Waals surface area contributed by atoms with Gasteiger partial charge in [0.25, 0.3) is 0 Å². The molecule has 1 atom stereocenters. The lowest BCUT2D eigenvalue weighted by Gasteiger charge is -2.41. The molecule has 1 fully saturated rings. The molecule has 116 valence electrons. The molecule has 21 heavy (non-hydrogen) atoms. The summed E-state index contributed by atoms with van der Waals surface area (Å²) in [5.74, 6) is 0. The van der Waals surface area contributed by atoms with Crippen molar-refractivity contribution in [2.45, 2.75) is 39.3 Å². The summed E-state index contributed by atoms with van der Waals surface area (Å²) in [5, 5.41) is 0. The van der Waals surface area contributed by atoms with Gasteiger partial charge < -0.3 is 20.3 Å². The third kappa shape index (κ3) is 3.80. The van der Waals surface area contributed by atoms with E-state index in [2.05, 4.69) is 11.8 Å². The van der Waals surface area contributed by atoms with E-state index < -0.39 is 5.60 Å². The first-order valence-corrected chi connectivity index (χ1v) is 7.37. The van der Waals surface area contributed by atoms with Crippen molar-refractivity contribution in [3.05, 3.63) is 24.3 Å². The number of carbonyl (C=O) groups is 1. The van der Waals surface area contributed by atoms with Gasteiger partial charge in [0, 0.05) is 25.7 Å². The fraction of sp³-hybridized carbons (Fsp3) is 0.562. The minimum absolute atomic E-state index is 0.205. The molecule has 0 aromatic heterocycles. The van der Waals surface area contributed by atoms with Crippen LogP contribution < -0.4 is 10.6 Å². The maximum Gasteiger partial charge on any atom is 0.410 e. The molecule has 1 heterocycles. The van der Waals surface area contributed by atoms with E-state index in [1.165, 1.54) is 0 Å². The Hall–Kier alpha value is -1.91. The lowest BCUT2D eigenvalue weighted by molar-refractivity contribution is 0.0219. The van der Waals surface area contributed by atoms with Crippen LogP contribution in [0, 0.1) is 0 Å². The number of ether oxygens (including phenoxy) is 1. The van der Waals surface area contributed by atoms with Gasteiger partial charge in [0.05, 0.1) is 11.4 Å². The molecule has 0 saturated carbocycles. The van der Waals surface area contributed by atoms with Crippen molar-refractivity contribution < 1.29 is 9.53 Å². The third-order valence-electron chi connectivity index (χ3n) is 3.53. The number of piperazine rings is 1. The molecule has 0 radical (unpaired) electrons. The van der Waals surface area contributed by atoms with Crippen LogP contribution in [0.2, 0.25) is 0 Å². The van der Waals surface area contributed by atoms with Crippen LogP contribution in [0.15, 0.2) is 24.3 Å². The van der Waals surface area contributed by atoms with Gasteiger partial charge in [0.15, 0.2) is 0 Å². The van der Waals surface area contributed by atoms with E-state index in [0.717, 1.165) is 17.9 Å². The van der Waals surface area contributed by atoms with Gasteiger partial charge in [-0.25, -0.2) is 4.79 Å². The zero-order valence-electron chi connectivity index (χ0n) is 13.3. The Labute approximate surface area is 126 Å². The summed E-state index contributed by atoms with van der Waals surface area (Å²) >= 11 is 0. The Morgan fingerprint density at radius 1 is 1.29 bits per heavy atom. The molecule has 5 heteroatoms. The predicted molar refractivity (Wildman–Crippen MR) is 85.5 cm³/mol. The molecular weight excluding hydrogens is 266 g/mol. The molecule has 1 unspecified atom stereocenters. The number of para-hydroxylation sites is 2. The average molecular weight is 291 g/mol. The second-order valence-corrected chi connectivity index (χ2v) is 6.53. The van der Waals surface area contributed by atoms with Gasteiger partial charge in [0.2, 0.25) is 0 Å². The van der Waals surface area contributed by atoms with Crippen LogP contribution in [0.3, 0.4) is 0 Å². The van der Waals surface area contributed by atoms with Crippen LogP contribution in [-0.2, 0) is 4.74 Å². The van der Waals surface area contributed by atoms with Crippen molar-refractivity contribution in [2.24, 2.45) is 0 Å². The van der Waals surface area contributed by atoms with E-state index in [1.807, 2.05) is 45.0 Å². The van der Waals surface area contributed by atoms with Crippen molar-refractivity contribution in [3.63, 3.8) is 0 Å². The van der Waals surface area contributed by atoms with Gasteiger partial charge in [-0.15, -0.1) is 0 Å². The monoisotopic (exact) mass is 291 g/mol. The number of nitrogens with two attached hydrogens (primary N) is 1. The summed E-state index contributed by atoms with van der Waals surface area (Å²) in [5.41, 5.74) is 7.40. The van der Waals surface area contributed by atoms with Gasteiger partial charge in [-0.2, -0.15) is 0 Å². The summed E-state index contributed by atoms with van der Waals surface area (Å²) in [4.78, 5) is 16.1. The number of amides is 1. The number of hydrogen-bond donors (Lipinski definition) is 1. The molecule has 0 spiro atoms. The van der Waals surface area contributed by atoms with Crippen molar-refractivity contribution >= 4 is 17.5 Å². The van der Waals surface area contributed by atoms with E-state index in [-0.39, 0.29) is 12.1 Å². The van der Waals surface area contributed by atoms with Crippen molar-refractivity contribution in [1.29, 1.82) is 0 Å². The zero-order chi connectivity index (χ0) is 15.6. The molecule has 0 aliphatic carbocycles. The minimum Gasteiger partial charge on any atom is -0.444 e. The lowest BCUT2D eigenvalue weighted by atomic mass is 10.1. The lowest BCUT2D eigenvalue weighted by Crippen LogP contribution is -2.54. The van der Waals surface area contributed by atoms with Crippen molar-refractivity contribution in [2.75, 3.05) is 30.3 Å². The molecule has 1 saturated heterocycles. The largest absolute Gasteiger partial charge is 0.444 e. The van der Waals surface area contributed by atoms with Gasteiger partial charge in [0.1, 0.15) is 5.60 Å². The van der Waals surface area contributed by atoms with Crippen LogP contribution in [0.5, 0.6) is 0 Å². The maximum atomic E-state index is 12.1. The third-order valence-corrected chi connectivity index (χ3v) is 3.53. The summed E-state index contributed by atoms with van der Waals surface area (Å²) in [6, 6.07) is 8.05. The highest BCUT2D eigenvalue weighted by Gasteiger charge is 2.30. The number of nitrogens with zero attached hydrogens (tertiary/aromatic N) is 2.